The minimum Gasteiger partial charge on any atom is -0.361 e. The van der Waals surface area contributed by atoms with E-state index in [4.69, 9.17) is 52.1 Å². The fourth-order valence-electron chi connectivity index (χ4n) is 8.45. The Kier molecular flexibility index (Phi) is 24.3. The lowest BCUT2D eigenvalue weighted by Gasteiger charge is -2.53. The molecule has 1 aromatic carbocycles. The molecule has 2 aliphatic rings. The molecule has 66 heavy (non-hydrogen) atoms. The Bertz CT molecular complexity index is 1640. The molecule has 5 amide bonds. The van der Waals surface area contributed by atoms with Crippen molar-refractivity contribution in [2.45, 2.75) is 114 Å². The first kappa shape index (κ1) is 56.5. The number of nitrogens with one attached hydrogen (secondary N) is 3. The van der Waals surface area contributed by atoms with Gasteiger partial charge in [0.25, 0.3) is 0 Å². The Morgan fingerprint density at radius 1 is 0.758 bits per heavy atom. The van der Waals surface area contributed by atoms with Crippen LogP contribution < -0.4 is 16.0 Å². The first-order valence-electron chi connectivity index (χ1n) is 22.1. The van der Waals surface area contributed by atoms with Crippen molar-refractivity contribution >= 4 is 29.5 Å². The van der Waals surface area contributed by atoms with Crippen molar-refractivity contribution < 1.29 is 76.1 Å². The number of amides is 5. The Balaban J connectivity index is 2.46. The Morgan fingerprint density at radius 3 is 1.88 bits per heavy atom. The molecule has 2 fully saturated rings. The second-order valence-corrected chi connectivity index (χ2v) is 17.3. The Labute approximate surface area is 389 Å². The largest absolute Gasteiger partial charge is 0.361 e. The van der Waals surface area contributed by atoms with Crippen LogP contribution in [0.2, 0.25) is 0 Å². The number of rotatable bonds is 29. The van der Waals surface area contributed by atoms with Crippen molar-refractivity contribution in [3.63, 3.8) is 0 Å². The standard InChI is InChI=1S/C45H75N5O16/c1-28(2)18-33(46-30(5)51)41(52)47-34(19-31-16-14-13-15-17-31)43(54)50-32(21-61-23-56-8)20-45(39(50)42(53)48-36(29(3)4)44(55)49(6)7)40(65-27-60-12)38(64-26-59-11)37(63-25-58-10)35(66-45)22-62-24-57-9/h13-17,28-29,32-40H,18-27H2,1-12H3,(H,46,51)(H,47,52)(H,48,53)/t32-,33+,34-,35-,36+,37-,38+,39-,40-,45+/m1/s1. The molecule has 3 rings (SSSR count). The smallest absolute Gasteiger partial charge is 0.246 e. The number of hydrogen-bond acceptors (Lipinski definition) is 16. The minimum atomic E-state index is -1.87. The third-order valence-electron chi connectivity index (χ3n) is 11.1. The van der Waals surface area contributed by atoms with E-state index in [2.05, 4.69) is 16.0 Å². The van der Waals surface area contributed by atoms with E-state index >= 15 is 9.59 Å². The molecule has 2 aliphatic heterocycles. The highest BCUT2D eigenvalue weighted by molar-refractivity contribution is 5.97. The molecule has 0 aliphatic carbocycles. The SMILES string of the molecule is COCOC[C@H]1C[C@]2(O[C@H](COCOC)[C@@H](OCOC)[C@H](OCOC)[C@H]2OCOC)[C@@H](C(=O)N[C@H](C(=O)N(C)C)C(C)C)N1C(=O)[C@@H](Cc1ccccc1)NC(=O)[C@H](CC(C)C)NC(C)=O. The molecule has 1 spiro atoms. The van der Waals surface area contributed by atoms with Gasteiger partial charge in [-0.3, -0.25) is 24.0 Å². The summed E-state index contributed by atoms with van der Waals surface area (Å²) in [6, 6.07) is 3.02. The number of ether oxygens (including phenoxy) is 11. The fourth-order valence-corrected chi connectivity index (χ4v) is 8.45. The van der Waals surface area contributed by atoms with E-state index in [0.717, 1.165) is 0 Å². The fraction of sp³-hybridized carbons (Fsp3) is 0.756. The minimum absolute atomic E-state index is 0.0123. The number of carbonyl (C=O) groups is 5. The van der Waals surface area contributed by atoms with Gasteiger partial charge in [0.1, 0.15) is 88.1 Å². The number of benzene rings is 1. The van der Waals surface area contributed by atoms with Gasteiger partial charge in [0.15, 0.2) is 0 Å². The zero-order chi connectivity index (χ0) is 49.0. The normalized spacial score (nSPS) is 24.3. The number of methoxy groups -OCH3 is 5. The summed E-state index contributed by atoms with van der Waals surface area (Å²) in [7, 11) is 10.4. The monoisotopic (exact) mass is 942 g/mol. The van der Waals surface area contributed by atoms with E-state index < -0.39 is 95.7 Å². The highest BCUT2D eigenvalue weighted by Crippen LogP contribution is 2.48. The molecular formula is C45H75N5O16. The number of nitrogens with zero attached hydrogens (tertiary/aromatic N) is 2. The second-order valence-electron chi connectivity index (χ2n) is 17.3. The van der Waals surface area contributed by atoms with Crippen LogP contribution in [-0.2, 0) is 82.5 Å². The maximum Gasteiger partial charge on any atom is 0.246 e. The topological polar surface area (TPSA) is 229 Å². The summed E-state index contributed by atoms with van der Waals surface area (Å²) in [4.78, 5) is 74.7. The highest BCUT2D eigenvalue weighted by atomic mass is 16.7. The average molecular weight is 942 g/mol. The summed E-state index contributed by atoms with van der Waals surface area (Å²) in [5, 5.41) is 8.62. The summed E-state index contributed by atoms with van der Waals surface area (Å²) in [6.07, 6.45) is -4.35. The van der Waals surface area contributed by atoms with Crippen LogP contribution in [0.5, 0.6) is 0 Å². The van der Waals surface area contributed by atoms with E-state index in [9.17, 15) is 14.4 Å². The van der Waals surface area contributed by atoms with Crippen LogP contribution in [-0.4, -0.2) is 196 Å². The summed E-state index contributed by atoms with van der Waals surface area (Å²) < 4.78 is 64.9. The Hall–Kier alpha value is -3.87. The molecule has 3 N–H and O–H groups in total. The molecule has 10 atom stereocenters. The lowest BCUT2D eigenvalue weighted by Crippen LogP contribution is -2.74. The van der Waals surface area contributed by atoms with Crippen molar-refractivity contribution in [3.8, 4) is 0 Å². The van der Waals surface area contributed by atoms with E-state index in [0.29, 0.717) is 5.56 Å². The van der Waals surface area contributed by atoms with E-state index in [-0.39, 0.29) is 72.4 Å². The van der Waals surface area contributed by atoms with Gasteiger partial charge in [-0.1, -0.05) is 58.0 Å². The molecule has 1 aromatic rings. The number of likely N-dealkylation sites (N-methyl/N-ethyl adjacent to an activating group) is 1. The lowest BCUT2D eigenvalue weighted by molar-refractivity contribution is -0.329. The quantitative estimate of drug-likeness (QED) is 0.0746. The van der Waals surface area contributed by atoms with Crippen LogP contribution in [0.25, 0.3) is 0 Å². The van der Waals surface area contributed by atoms with Gasteiger partial charge in [-0.15, -0.1) is 0 Å². The number of carbonyl (C=O) groups excluding carboxylic acids is 5. The zero-order valence-electron chi connectivity index (χ0n) is 40.7. The molecule has 0 radical (unpaired) electrons. The molecule has 376 valence electrons. The van der Waals surface area contributed by atoms with E-state index in [1.54, 1.807) is 40.1 Å². The van der Waals surface area contributed by atoms with E-state index in [1.807, 2.05) is 32.0 Å². The molecule has 0 bridgehead atoms. The average Bonchev–Trinajstić information content (AvgIpc) is 3.59. The van der Waals surface area contributed by atoms with Crippen molar-refractivity contribution in [3.05, 3.63) is 35.9 Å². The second kappa shape index (κ2) is 28.5. The van der Waals surface area contributed by atoms with Crippen molar-refractivity contribution in [2.75, 3.05) is 96.8 Å². The molecule has 2 heterocycles. The third kappa shape index (κ3) is 15.6. The Morgan fingerprint density at radius 2 is 1.33 bits per heavy atom. The highest BCUT2D eigenvalue weighted by Gasteiger charge is 2.69. The first-order chi connectivity index (χ1) is 31.5. The van der Waals surface area contributed by atoms with Gasteiger partial charge in [0.05, 0.1) is 19.3 Å². The van der Waals surface area contributed by atoms with Crippen molar-refractivity contribution in [1.29, 1.82) is 0 Å². The van der Waals surface area contributed by atoms with Crippen LogP contribution in [0.4, 0.5) is 0 Å². The first-order valence-corrected chi connectivity index (χ1v) is 22.1. The van der Waals surface area contributed by atoms with Crippen LogP contribution in [0.3, 0.4) is 0 Å². The van der Waals surface area contributed by atoms with Gasteiger partial charge in [0.2, 0.25) is 29.5 Å². The molecule has 21 heteroatoms. The predicted molar refractivity (Wildman–Crippen MR) is 237 cm³/mol. The summed E-state index contributed by atoms with van der Waals surface area (Å²) in [5.41, 5.74) is -1.18. The van der Waals surface area contributed by atoms with Crippen molar-refractivity contribution in [1.82, 2.24) is 25.8 Å². The summed E-state index contributed by atoms with van der Waals surface area (Å²) >= 11 is 0. The molecule has 0 unspecified atom stereocenters. The molecular weight excluding hydrogens is 867 g/mol. The van der Waals surface area contributed by atoms with Crippen LogP contribution in [0.15, 0.2) is 30.3 Å². The van der Waals surface area contributed by atoms with Crippen LogP contribution >= 0.6 is 0 Å². The van der Waals surface area contributed by atoms with Gasteiger partial charge >= 0.3 is 0 Å². The summed E-state index contributed by atoms with van der Waals surface area (Å²) in [6.45, 7) is 7.20. The van der Waals surface area contributed by atoms with Crippen molar-refractivity contribution in [2.24, 2.45) is 11.8 Å². The van der Waals surface area contributed by atoms with Gasteiger partial charge in [0, 0.05) is 69.4 Å². The maximum absolute atomic E-state index is 15.9. The predicted octanol–water partition coefficient (Wildman–Crippen LogP) is 0.809. The molecule has 21 nitrogen and oxygen atoms in total. The zero-order valence-corrected chi connectivity index (χ0v) is 40.7. The third-order valence-corrected chi connectivity index (χ3v) is 11.1. The van der Waals surface area contributed by atoms with Gasteiger partial charge in [-0.2, -0.15) is 0 Å². The van der Waals surface area contributed by atoms with Gasteiger partial charge < -0.3 is 77.9 Å². The molecule has 0 saturated carbocycles. The number of likely N-dealkylation sites (tertiary alicyclic amines) is 1. The molecule has 2 saturated heterocycles. The summed E-state index contributed by atoms with van der Waals surface area (Å²) in [5.74, 6) is -3.35. The maximum atomic E-state index is 15.9. The van der Waals surface area contributed by atoms with Gasteiger partial charge in [-0.05, 0) is 23.8 Å². The number of hydrogen-bond donors (Lipinski definition) is 3. The molecule has 0 aromatic heterocycles. The van der Waals surface area contributed by atoms with Crippen LogP contribution in [0, 0.1) is 11.8 Å². The van der Waals surface area contributed by atoms with Gasteiger partial charge in [-0.25, -0.2) is 0 Å². The van der Waals surface area contributed by atoms with Crippen LogP contribution in [0.1, 0.15) is 53.0 Å². The lowest BCUT2D eigenvalue weighted by atomic mass is 9.78. The van der Waals surface area contributed by atoms with E-state index in [1.165, 1.54) is 52.3 Å².